The summed E-state index contributed by atoms with van der Waals surface area (Å²) in [6, 6.07) is 17.2. The first kappa shape index (κ1) is 29.1. The Kier molecular flexibility index (Phi) is 9.21. The Morgan fingerprint density at radius 1 is 0.900 bits per heavy atom. The third kappa shape index (κ3) is 6.41. The van der Waals surface area contributed by atoms with Gasteiger partial charge >= 0.3 is 0 Å². The third-order valence-electron chi connectivity index (χ3n) is 7.64. The molecular weight excluding hydrogens is 660 g/mol. The summed E-state index contributed by atoms with van der Waals surface area (Å²) < 4.78 is 0.922. The van der Waals surface area contributed by atoms with E-state index in [1.54, 1.807) is 34.1 Å². The molecule has 0 radical (unpaired) electrons. The predicted molar refractivity (Wildman–Crippen MR) is 170 cm³/mol. The third-order valence-corrected chi connectivity index (χ3v) is 8.80. The zero-order chi connectivity index (χ0) is 28.4. The molecule has 0 aliphatic carbocycles. The second-order valence-electron chi connectivity index (χ2n) is 10.4. The van der Waals surface area contributed by atoms with Crippen molar-refractivity contribution >= 4 is 69.0 Å². The zero-order valence-corrected chi connectivity index (χ0v) is 26.0. The van der Waals surface area contributed by atoms with Gasteiger partial charge in [0.15, 0.2) is 0 Å². The van der Waals surface area contributed by atoms with Crippen LogP contribution in [0, 0.1) is 3.57 Å². The molecule has 1 atom stereocenters. The van der Waals surface area contributed by atoms with Crippen molar-refractivity contribution in [2.75, 3.05) is 56.9 Å². The first-order chi connectivity index (χ1) is 19.2. The van der Waals surface area contributed by atoms with E-state index < -0.39 is 6.04 Å². The lowest BCUT2D eigenvalue weighted by molar-refractivity contribution is -0.123. The average molecular weight is 692 g/mol. The number of hydrogen-bond acceptors (Lipinski definition) is 5. The summed E-state index contributed by atoms with van der Waals surface area (Å²) in [5.74, 6) is -0.376. The Labute approximate surface area is 258 Å². The van der Waals surface area contributed by atoms with Gasteiger partial charge in [-0.25, -0.2) is 0 Å². The number of nitrogen functional groups attached to an aromatic ring is 1. The number of hydrogen-bond donors (Lipinski definition) is 1. The number of carbonyl (C=O) groups is 2. The maximum Gasteiger partial charge on any atom is 0.257 e. The standard InChI is InChI=1S/C30H32Cl2IN5O2/c1-35-13-15-36(16-14-35)11-2-12-37-27-10-9-24(33)18-25(27)29(39)38(19-21-5-8-23(32)17-26(21)34)28(30(37)40)20-3-6-22(31)7-4-20/h3-10,17-18,28H,2,11-16,19,34H2,1H3. The number of fused-ring (bicyclic) bond motifs is 1. The van der Waals surface area contributed by atoms with Gasteiger partial charge in [-0.15, -0.1) is 0 Å². The highest BCUT2D eigenvalue weighted by molar-refractivity contribution is 14.1. The van der Waals surface area contributed by atoms with Crippen molar-refractivity contribution < 1.29 is 9.59 Å². The molecule has 40 heavy (non-hydrogen) atoms. The lowest BCUT2D eigenvalue weighted by atomic mass is 10.0. The fraction of sp³-hybridized carbons (Fsp3) is 0.333. The molecule has 3 aromatic carbocycles. The highest BCUT2D eigenvalue weighted by atomic mass is 127. The molecule has 2 heterocycles. The van der Waals surface area contributed by atoms with Gasteiger partial charge in [-0.1, -0.05) is 41.4 Å². The minimum absolute atomic E-state index is 0.151. The van der Waals surface area contributed by atoms with Crippen LogP contribution in [0.15, 0.2) is 60.7 Å². The quantitative estimate of drug-likeness (QED) is 0.260. The first-order valence-electron chi connectivity index (χ1n) is 13.3. The minimum atomic E-state index is -0.853. The van der Waals surface area contributed by atoms with Crippen molar-refractivity contribution in [3.05, 3.63) is 91.0 Å². The van der Waals surface area contributed by atoms with E-state index in [4.69, 9.17) is 28.9 Å². The van der Waals surface area contributed by atoms with Gasteiger partial charge in [0.25, 0.3) is 11.8 Å². The maximum absolute atomic E-state index is 14.5. The molecule has 3 aromatic rings. The van der Waals surface area contributed by atoms with E-state index in [2.05, 4.69) is 39.4 Å². The molecule has 1 fully saturated rings. The van der Waals surface area contributed by atoms with Crippen LogP contribution in [0.5, 0.6) is 0 Å². The van der Waals surface area contributed by atoms with Crippen LogP contribution in [0.4, 0.5) is 11.4 Å². The number of amides is 2. The molecule has 1 saturated heterocycles. The molecule has 0 bridgehead atoms. The van der Waals surface area contributed by atoms with Crippen LogP contribution in [0.3, 0.4) is 0 Å². The van der Waals surface area contributed by atoms with Crippen molar-refractivity contribution in [2.45, 2.75) is 19.0 Å². The molecule has 210 valence electrons. The Hall–Kier alpha value is -2.37. The Morgan fingerprint density at radius 3 is 2.30 bits per heavy atom. The number of anilines is 2. The average Bonchev–Trinajstić information content (AvgIpc) is 3.01. The van der Waals surface area contributed by atoms with Crippen LogP contribution in [0.1, 0.15) is 33.9 Å². The highest BCUT2D eigenvalue weighted by Crippen LogP contribution is 2.37. The molecule has 2 aliphatic heterocycles. The number of carbonyl (C=O) groups excluding carboxylic acids is 2. The van der Waals surface area contributed by atoms with E-state index in [9.17, 15) is 9.59 Å². The number of piperazine rings is 1. The summed E-state index contributed by atoms with van der Waals surface area (Å²) in [6.45, 7) is 5.67. The van der Waals surface area contributed by atoms with E-state index in [0.717, 1.165) is 48.3 Å². The van der Waals surface area contributed by atoms with Gasteiger partial charge in [0.05, 0.1) is 11.3 Å². The lowest BCUT2D eigenvalue weighted by Gasteiger charge is -2.34. The summed E-state index contributed by atoms with van der Waals surface area (Å²) in [4.78, 5) is 37.0. The number of rotatable bonds is 7. The fourth-order valence-corrected chi connectivity index (χ4v) is 6.16. The van der Waals surface area contributed by atoms with E-state index in [-0.39, 0.29) is 18.4 Å². The largest absolute Gasteiger partial charge is 0.398 e. The molecule has 5 rings (SSSR count). The summed E-state index contributed by atoms with van der Waals surface area (Å²) in [7, 11) is 2.14. The summed E-state index contributed by atoms with van der Waals surface area (Å²) >= 11 is 14.6. The summed E-state index contributed by atoms with van der Waals surface area (Å²) in [5.41, 5.74) is 9.34. The van der Waals surface area contributed by atoms with Crippen molar-refractivity contribution in [3.63, 3.8) is 0 Å². The number of halogens is 3. The first-order valence-corrected chi connectivity index (χ1v) is 15.2. The molecule has 1 unspecified atom stereocenters. The van der Waals surface area contributed by atoms with Crippen molar-refractivity contribution in [2.24, 2.45) is 0 Å². The minimum Gasteiger partial charge on any atom is -0.398 e. The van der Waals surface area contributed by atoms with E-state index in [0.29, 0.717) is 39.1 Å². The van der Waals surface area contributed by atoms with Crippen LogP contribution in [-0.4, -0.2) is 72.8 Å². The molecule has 7 nitrogen and oxygen atoms in total. The molecule has 0 aromatic heterocycles. The van der Waals surface area contributed by atoms with Crippen LogP contribution in [0.2, 0.25) is 10.0 Å². The van der Waals surface area contributed by atoms with Gasteiger partial charge in [-0.05, 0) is 96.2 Å². The van der Waals surface area contributed by atoms with Crippen molar-refractivity contribution in [3.8, 4) is 0 Å². The van der Waals surface area contributed by atoms with Crippen LogP contribution < -0.4 is 10.6 Å². The number of likely N-dealkylation sites (N-methyl/N-ethyl adjacent to an activating group) is 1. The number of benzene rings is 3. The van der Waals surface area contributed by atoms with Crippen molar-refractivity contribution in [1.29, 1.82) is 0 Å². The molecule has 2 aliphatic rings. The highest BCUT2D eigenvalue weighted by Gasteiger charge is 2.40. The number of nitrogens with zero attached hydrogens (tertiary/aromatic N) is 4. The lowest BCUT2D eigenvalue weighted by Crippen LogP contribution is -2.46. The molecule has 10 heteroatoms. The Balaban J connectivity index is 1.53. The van der Waals surface area contributed by atoms with Crippen LogP contribution >= 0.6 is 45.8 Å². The van der Waals surface area contributed by atoms with Gasteiger partial charge in [0, 0.05) is 58.6 Å². The van der Waals surface area contributed by atoms with E-state index in [1.807, 2.05) is 36.4 Å². The molecule has 2 N–H and O–H groups in total. The van der Waals surface area contributed by atoms with Crippen LogP contribution in [-0.2, 0) is 11.3 Å². The molecule has 2 amide bonds. The smallest absolute Gasteiger partial charge is 0.257 e. The van der Waals surface area contributed by atoms with Gasteiger partial charge in [-0.2, -0.15) is 0 Å². The number of nitrogens with two attached hydrogens (primary N) is 1. The Bertz CT molecular complexity index is 1400. The monoisotopic (exact) mass is 691 g/mol. The predicted octanol–water partition coefficient (Wildman–Crippen LogP) is 5.55. The van der Waals surface area contributed by atoms with Gasteiger partial charge in [0.2, 0.25) is 0 Å². The Morgan fingerprint density at radius 2 is 1.60 bits per heavy atom. The zero-order valence-electron chi connectivity index (χ0n) is 22.3. The maximum atomic E-state index is 14.5. The second-order valence-corrected chi connectivity index (χ2v) is 12.5. The summed E-state index contributed by atoms with van der Waals surface area (Å²) in [6.07, 6.45) is 0.798. The van der Waals surface area contributed by atoms with Gasteiger partial charge < -0.3 is 25.3 Å². The SMILES string of the molecule is CN1CCN(CCCN2C(=O)C(c3ccc(Cl)cc3)N(Cc3ccc(Cl)cc3N)C(=O)c3cc(I)ccc32)CC1. The van der Waals surface area contributed by atoms with E-state index >= 15 is 0 Å². The molecule has 0 saturated carbocycles. The van der Waals surface area contributed by atoms with Gasteiger partial charge in [0.1, 0.15) is 6.04 Å². The topological polar surface area (TPSA) is 73.1 Å². The van der Waals surface area contributed by atoms with Crippen LogP contribution in [0.25, 0.3) is 0 Å². The van der Waals surface area contributed by atoms with Gasteiger partial charge in [-0.3, -0.25) is 9.59 Å². The molecule has 0 spiro atoms. The normalized spacial score (nSPS) is 18.6. The second kappa shape index (κ2) is 12.7. The van der Waals surface area contributed by atoms with Crippen molar-refractivity contribution in [1.82, 2.24) is 14.7 Å². The molecular formula is C30H32Cl2IN5O2. The summed E-state index contributed by atoms with van der Waals surface area (Å²) in [5, 5.41) is 1.08. The van der Waals surface area contributed by atoms with E-state index in [1.165, 1.54) is 0 Å². The fourth-order valence-electron chi connectivity index (χ4n) is 5.37.